The molecule has 0 unspecified atom stereocenters. The van der Waals surface area contributed by atoms with Crippen molar-refractivity contribution in [3.63, 3.8) is 0 Å². The molecule has 2 aliphatic rings. The molecule has 0 saturated heterocycles. The molecule has 242 valence electrons. The lowest BCUT2D eigenvalue weighted by Gasteiger charge is -2.39. The van der Waals surface area contributed by atoms with Crippen molar-refractivity contribution in [2.75, 3.05) is 5.75 Å². The third-order valence-corrected chi connectivity index (χ3v) is 10.5. The molecule has 11 heteroatoms. The van der Waals surface area contributed by atoms with Crippen LogP contribution in [0.25, 0.3) is 10.8 Å². The van der Waals surface area contributed by atoms with Crippen LogP contribution >= 0.6 is 12.4 Å². The number of nitrogens with one attached hydrogen (secondary N) is 4. The largest absolute Gasteiger partial charge is 0.384 e. The molecule has 45 heavy (non-hydrogen) atoms. The summed E-state index contributed by atoms with van der Waals surface area (Å²) in [4.78, 5) is 28.2. The SMILES string of the molecule is CC(C)[C@@H](NS(=O)(=O)CC1CCCCC1)C(=O)NC1(C(=O)NCc2ccc(C(=N)N)cc2)Cc2cccc3cccc(c23)C1.Cl. The fourth-order valence-electron chi connectivity index (χ4n) is 6.68. The molecule has 5 rings (SSSR count). The van der Waals surface area contributed by atoms with E-state index in [9.17, 15) is 18.0 Å². The van der Waals surface area contributed by atoms with Gasteiger partial charge in [-0.05, 0) is 52.1 Å². The zero-order valence-corrected chi connectivity index (χ0v) is 27.5. The van der Waals surface area contributed by atoms with E-state index >= 15 is 0 Å². The minimum Gasteiger partial charge on any atom is -0.384 e. The number of nitrogens with two attached hydrogens (primary N) is 1. The van der Waals surface area contributed by atoms with E-state index in [1.54, 1.807) is 24.3 Å². The second-order valence-electron chi connectivity index (χ2n) is 12.8. The second kappa shape index (κ2) is 14.3. The molecule has 1 atom stereocenters. The van der Waals surface area contributed by atoms with E-state index in [2.05, 4.69) is 15.4 Å². The molecule has 0 spiro atoms. The number of amides is 2. The number of carbonyl (C=O) groups excluding carboxylic acids is 2. The maximum Gasteiger partial charge on any atom is 0.246 e. The molecule has 0 aliphatic heterocycles. The fourth-order valence-corrected chi connectivity index (χ4v) is 8.50. The highest BCUT2D eigenvalue weighted by atomic mass is 35.5. The van der Waals surface area contributed by atoms with Crippen LogP contribution in [-0.2, 0) is 39.0 Å². The van der Waals surface area contributed by atoms with Crippen LogP contribution in [0.2, 0.25) is 0 Å². The molecule has 0 bridgehead atoms. The first-order chi connectivity index (χ1) is 21.0. The zero-order chi connectivity index (χ0) is 31.5. The molecular weight excluding hydrogens is 610 g/mol. The Balaban J connectivity index is 0.00000461. The van der Waals surface area contributed by atoms with Gasteiger partial charge in [-0.15, -0.1) is 12.4 Å². The maximum absolute atomic E-state index is 14.2. The number of hydrogen-bond acceptors (Lipinski definition) is 5. The first-order valence-electron chi connectivity index (χ1n) is 15.5. The Kier molecular flexibility index (Phi) is 10.9. The summed E-state index contributed by atoms with van der Waals surface area (Å²) in [7, 11) is -3.72. The van der Waals surface area contributed by atoms with Crippen molar-refractivity contribution in [1.29, 1.82) is 5.41 Å². The van der Waals surface area contributed by atoms with Gasteiger partial charge in [-0.2, -0.15) is 0 Å². The summed E-state index contributed by atoms with van der Waals surface area (Å²) >= 11 is 0. The number of benzene rings is 3. The van der Waals surface area contributed by atoms with Crippen LogP contribution in [-0.4, -0.2) is 43.4 Å². The summed E-state index contributed by atoms with van der Waals surface area (Å²) in [5, 5.41) is 15.9. The standard InChI is InChI=1S/C34H43N5O4S.ClH/c1-22(2)30(39-44(42,43)21-24-8-4-3-5-9-24)32(40)38-34(33(41)37-20-23-14-16-26(17-15-23)31(35)36)18-27-12-6-10-25-11-7-13-28(19-34)29(25)27;/h6-7,10-17,22,24,30,39H,3-5,8-9,18-21H2,1-2H3,(H3,35,36)(H,37,41)(H,38,40);1H/t30-;/m1./s1. The summed E-state index contributed by atoms with van der Waals surface area (Å²) in [6.45, 7) is 3.82. The van der Waals surface area contributed by atoms with Crippen molar-refractivity contribution in [3.05, 3.63) is 82.9 Å². The number of halogens is 1. The number of carbonyl (C=O) groups is 2. The molecule has 1 saturated carbocycles. The van der Waals surface area contributed by atoms with Crippen LogP contribution in [0.3, 0.4) is 0 Å². The summed E-state index contributed by atoms with van der Waals surface area (Å²) in [5.74, 6) is -1.14. The third kappa shape index (κ3) is 8.04. The van der Waals surface area contributed by atoms with Gasteiger partial charge in [-0.3, -0.25) is 15.0 Å². The van der Waals surface area contributed by atoms with Gasteiger partial charge in [0.1, 0.15) is 17.4 Å². The van der Waals surface area contributed by atoms with Crippen LogP contribution in [0.1, 0.15) is 68.2 Å². The monoisotopic (exact) mass is 653 g/mol. The van der Waals surface area contributed by atoms with E-state index < -0.39 is 27.5 Å². The van der Waals surface area contributed by atoms with E-state index in [0.717, 1.165) is 59.6 Å². The van der Waals surface area contributed by atoms with Gasteiger partial charge >= 0.3 is 0 Å². The highest BCUT2D eigenvalue weighted by Crippen LogP contribution is 2.35. The molecule has 2 amide bonds. The molecule has 2 aliphatic carbocycles. The summed E-state index contributed by atoms with van der Waals surface area (Å²) in [6, 6.07) is 18.0. The lowest BCUT2D eigenvalue weighted by atomic mass is 9.75. The summed E-state index contributed by atoms with van der Waals surface area (Å²) < 4.78 is 29.2. The van der Waals surface area contributed by atoms with Gasteiger partial charge < -0.3 is 16.4 Å². The van der Waals surface area contributed by atoms with Crippen LogP contribution in [0.5, 0.6) is 0 Å². The first-order valence-corrected chi connectivity index (χ1v) is 17.1. The van der Waals surface area contributed by atoms with Crippen LogP contribution in [0.15, 0.2) is 60.7 Å². The Labute approximate surface area is 272 Å². The van der Waals surface area contributed by atoms with Gasteiger partial charge in [0.05, 0.1) is 5.75 Å². The number of hydrogen-bond donors (Lipinski definition) is 5. The van der Waals surface area contributed by atoms with Gasteiger partial charge in [0.25, 0.3) is 0 Å². The molecule has 9 nitrogen and oxygen atoms in total. The van der Waals surface area contributed by atoms with Crippen molar-refractivity contribution in [1.82, 2.24) is 15.4 Å². The van der Waals surface area contributed by atoms with E-state index in [4.69, 9.17) is 11.1 Å². The minimum atomic E-state index is -3.72. The molecule has 3 aromatic rings. The average Bonchev–Trinajstić information content (AvgIpc) is 2.99. The van der Waals surface area contributed by atoms with Crippen molar-refractivity contribution < 1.29 is 18.0 Å². The fraction of sp³-hybridized carbons (Fsp3) is 0.441. The Bertz CT molecular complexity index is 1610. The van der Waals surface area contributed by atoms with Gasteiger partial charge in [0, 0.05) is 24.9 Å². The molecule has 3 aromatic carbocycles. The Morgan fingerprint density at radius 1 is 0.956 bits per heavy atom. The van der Waals surface area contributed by atoms with E-state index in [0.29, 0.717) is 5.56 Å². The van der Waals surface area contributed by atoms with Gasteiger partial charge in [0.15, 0.2) is 0 Å². The molecule has 1 fully saturated rings. The number of rotatable bonds is 11. The highest BCUT2D eigenvalue weighted by Gasteiger charge is 2.45. The minimum absolute atomic E-state index is 0. The predicted octanol–water partition coefficient (Wildman–Crippen LogP) is 4.34. The average molecular weight is 654 g/mol. The molecule has 0 heterocycles. The Hall–Kier alpha value is -3.47. The lowest BCUT2D eigenvalue weighted by molar-refractivity contribution is -0.135. The van der Waals surface area contributed by atoms with Crippen LogP contribution in [0.4, 0.5) is 0 Å². The topological polar surface area (TPSA) is 154 Å². The number of nitrogen functional groups attached to an aromatic ring is 1. The summed E-state index contributed by atoms with van der Waals surface area (Å²) in [6.07, 6.45) is 5.48. The van der Waals surface area contributed by atoms with Crippen LogP contribution < -0.4 is 21.1 Å². The Morgan fingerprint density at radius 3 is 2.11 bits per heavy atom. The summed E-state index contributed by atoms with van der Waals surface area (Å²) in [5.41, 5.74) is 7.55. The molecule has 0 radical (unpaired) electrons. The van der Waals surface area contributed by atoms with E-state index in [1.807, 2.05) is 50.2 Å². The number of amidine groups is 1. The predicted molar refractivity (Wildman–Crippen MR) is 181 cm³/mol. The quantitative estimate of drug-likeness (QED) is 0.154. The van der Waals surface area contributed by atoms with Gasteiger partial charge in [0.2, 0.25) is 21.8 Å². The first kappa shape index (κ1) is 34.4. The van der Waals surface area contributed by atoms with Crippen molar-refractivity contribution in [3.8, 4) is 0 Å². The molecular formula is C34H44ClN5O4S. The lowest BCUT2D eigenvalue weighted by Crippen LogP contribution is -2.65. The van der Waals surface area contributed by atoms with Gasteiger partial charge in [-0.1, -0.05) is 93.8 Å². The second-order valence-corrected chi connectivity index (χ2v) is 14.6. The normalized spacial score (nSPS) is 16.9. The smallest absolute Gasteiger partial charge is 0.246 e. The third-order valence-electron chi connectivity index (χ3n) is 9.01. The maximum atomic E-state index is 14.2. The van der Waals surface area contributed by atoms with Gasteiger partial charge in [-0.25, -0.2) is 13.1 Å². The van der Waals surface area contributed by atoms with E-state index in [1.165, 1.54) is 0 Å². The van der Waals surface area contributed by atoms with Crippen molar-refractivity contribution in [2.24, 2.45) is 17.6 Å². The highest BCUT2D eigenvalue weighted by molar-refractivity contribution is 7.89. The van der Waals surface area contributed by atoms with E-state index in [-0.39, 0.29) is 61.1 Å². The molecule has 0 aromatic heterocycles. The molecule has 6 N–H and O–H groups in total. The van der Waals surface area contributed by atoms with Crippen molar-refractivity contribution in [2.45, 2.75) is 76.9 Å². The Morgan fingerprint density at radius 2 is 1.56 bits per heavy atom. The van der Waals surface area contributed by atoms with Crippen molar-refractivity contribution >= 4 is 50.9 Å². The zero-order valence-electron chi connectivity index (χ0n) is 25.9. The number of sulfonamides is 1. The van der Waals surface area contributed by atoms with Crippen LogP contribution in [0, 0.1) is 17.2 Å².